The summed E-state index contributed by atoms with van der Waals surface area (Å²) in [6, 6.07) is 19.3. The Kier molecular flexibility index (Phi) is 10.4. The van der Waals surface area contributed by atoms with Crippen LogP contribution in [0.5, 0.6) is 0 Å². The first-order valence-electron chi connectivity index (χ1n) is 13.2. The zero-order valence-electron chi connectivity index (χ0n) is 23.0. The summed E-state index contributed by atoms with van der Waals surface area (Å²) in [5.41, 5.74) is 1.73. The highest BCUT2D eigenvalue weighted by Gasteiger charge is 2.30. The maximum atomic E-state index is 13.6. The lowest BCUT2D eigenvalue weighted by atomic mass is 10.1. The third-order valence-electron chi connectivity index (χ3n) is 6.23. The second-order valence-electron chi connectivity index (χ2n) is 9.35. The van der Waals surface area contributed by atoms with Gasteiger partial charge in [-0.25, -0.2) is 16.8 Å². The van der Waals surface area contributed by atoms with Gasteiger partial charge in [0.2, 0.25) is 0 Å². The van der Waals surface area contributed by atoms with Crippen molar-refractivity contribution in [2.75, 3.05) is 24.6 Å². The maximum absolute atomic E-state index is 13.6. The number of hydrogen-bond donors (Lipinski definition) is 0. The second-order valence-corrected chi connectivity index (χ2v) is 13.3. The molecule has 0 aromatic heterocycles. The smallest absolute Gasteiger partial charge is 0.258 e. The highest BCUT2D eigenvalue weighted by Crippen LogP contribution is 2.26. The number of nitrogens with zero attached hydrogens (tertiary/aromatic N) is 2. The predicted octanol–water partition coefficient (Wildman–Crippen LogP) is 3.99. The van der Waals surface area contributed by atoms with E-state index >= 15 is 0 Å². The van der Waals surface area contributed by atoms with Gasteiger partial charge in [-0.1, -0.05) is 83.8 Å². The lowest BCUT2D eigenvalue weighted by molar-refractivity contribution is -0.387. The molecule has 0 bridgehead atoms. The fourth-order valence-corrected chi connectivity index (χ4v) is 6.29. The third-order valence-corrected chi connectivity index (χ3v) is 9.29. The summed E-state index contributed by atoms with van der Waals surface area (Å²) in [7, 11) is -7.85. The molecule has 1 heterocycles. The summed E-state index contributed by atoms with van der Waals surface area (Å²) in [5, 5.41) is 11.6. The van der Waals surface area contributed by atoms with Gasteiger partial charge < -0.3 is 0 Å². The van der Waals surface area contributed by atoms with E-state index in [1.807, 2.05) is 6.07 Å². The van der Waals surface area contributed by atoms with Crippen LogP contribution in [0.25, 0.3) is 0 Å². The maximum Gasteiger partial charge on any atom is 0.289 e. The number of fused-ring (bicyclic) bond motifs is 2. The molecule has 3 aromatic rings. The molecule has 1 aliphatic rings. The van der Waals surface area contributed by atoms with Crippen molar-refractivity contribution in [2.45, 2.75) is 24.2 Å². The molecular formula is C33H26N2O6S2. The van der Waals surface area contributed by atoms with E-state index in [-0.39, 0.29) is 18.8 Å². The summed E-state index contributed by atoms with van der Waals surface area (Å²) < 4.78 is 53.5. The van der Waals surface area contributed by atoms with Crippen molar-refractivity contribution in [3.63, 3.8) is 0 Å². The fourth-order valence-electron chi connectivity index (χ4n) is 4.07. The van der Waals surface area contributed by atoms with Gasteiger partial charge >= 0.3 is 0 Å². The minimum atomic E-state index is -4.27. The van der Waals surface area contributed by atoms with Crippen molar-refractivity contribution in [3.05, 3.63) is 105 Å². The van der Waals surface area contributed by atoms with Crippen molar-refractivity contribution in [1.29, 1.82) is 0 Å². The molecule has 0 atom stereocenters. The Bertz CT molecular complexity index is 2010. The Morgan fingerprint density at radius 2 is 1.19 bits per heavy atom. The number of para-hydroxylation sites is 1. The Labute approximate surface area is 252 Å². The van der Waals surface area contributed by atoms with Crippen LogP contribution in [0.15, 0.2) is 77.7 Å². The van der Waals surface area contributed by atoms with Crippen LogP contribution >= 0.6 is 0 Å². The number of sulfone groups is 1. The van der Waals surface area contributed by atoms with Crippen LogP contribution < -0.4 is 0 Å². The van der Waals surface area contributed by atoms with Crippen molar-refractivity contribution in [3.8, 4) is 47.4 Å². The van der Waals surface area contributed by atoms with Crippen molar-refractivity contribution in [2.24, 2.45) is 0 Å². The van der Waals surface area contributed by atoms with Crippen molar-refractivity contribution in [1.82, 2.24) is 4.31 Å². The van der Waals surface area contributed by atoms with Crippen LogP contribution in [0.3, 0.4) is 0 Å². The Morgan fingerprint density at radius 1 is 0.698 bits per heavy atom. The molecule has 1 aliphatic heterocycles. The molecule has 0 unspecified atom stereocenters. The SMILES string of the molecule is O=[N+]([O-])c1ccccc1S(=O)(=O)N1CC#Cc2ccccc2C#CCS(=O)(=O)CC#Cc2ccccc2C#CCCCC1. The molecule has 0 N–H and O–H groups in total. The summed E-state index contributed by atoms with van der Waals surface area (Å²) in [4.78, 5) is 10.5. The fraction of sp³-hybridized carbons (Fsp3) is 0.212. The van der Waals surface area contributed by atoms with Crippen LogP contribution in [0.2, 0.25) is 0 Å². The molecule has 0 fully saturated rings. The first-order chi connectivity index (χ1) is 20.7. The van der Waals surface area contributed by atoms with Gasteiger partial charge in [-0.15, -0.1) is 0 Å². The minimum Gasteiger partial charge on any atom is -0.258 e. The Hall–Kier alpha value is -4.84. The molecule has 0 spiro atoms. The van der Waals surface area contributed by atoms with E-state index in [0.717, 1.165) is 10.4 Å². The summed E-state index contributed by atoms with van der Waals surface area (Å²) in [5.74, 6) is 22.3. The van der Waals surface area contributed by atoms with Crippen LogP contribution in [-0.4, -0.2) is 50.7 Å². The highest BCUT2D eigenvalue weighted by molar-refractivity contribution is 7.91. The zero-order valence-corrected chi connectivity index (χ0v) is 24.7. The molecule has 0 radical (unpaired) electrons. The van der Waals surface area contributed by atoms with E-state index in [9.17, 15) is 26.9 Å². The molecule has 216 valence electrons. The lowest BCUT2D eigenvalue weighted by Crippen LogP contribution is -2.33. The third kappa shape index (κ3) is 8.58. The summed E-state index contributed by atoms with van der Waals surface area (Å²) in [6.45, 7) is -0.146. The quantitative estimate of drug-likeness (QED) is 0.252. The number of rotatable bonds is 3. The van der Waals surface area contributed by atoms with Gasteiger partial charge in [0.25, 0.3) is 15.7 Å². The molecule has 0 saturated carbocycles. The number of nitro benzene ring substituents is 1. The number of nitro groups is 1. The average Bonchev–Trinajstić information content (AvgIpc) is 2.98. The van der Waals surface area contributed by atoms with Gasteiger partial charge in [-0.05, 0) is 43.2 Å². The van der Waals surface area contributed by atoms with Crippen LogP contribution in [-0.2, 0) is 19.9 Å². The van der Waals surface area contributed by atoms with Crippen LogP contribution in [0, 0.1) is 57.5 Å². The van der Waals surface area contributed by atoms with E-state index in [0.29, 0.717) is 41.5 Å². The highest BCUT2D eigenvalue weighted by atomic mass is 32.2. The van der Waals surface area contributed by atoms with Gasteiger partial charge in [0.1, 0.15) is 11.5 Å². The van der Waals surface area contributed by atoms with Gasteiger partial charge in [0, 0.05) is 41.3 Å². The van der Waals surface area contributed by atoms with Crippen molar-refractivity contribution < 1.29 is 21.8 Å². The number of benzene rings is 3. The lowest BCUT2D eigenvalue weighted by Gasteiger charge is -2.19. The molecule has 8 nitrogen and oxygen atoms in total. The average molecular weight is 611 g/mol. The van der Waals surface area contributed by atoms with Crippen LogP contribution in [0.4, 0.5) is 5.69 Å². The molecular weight excluding hydrogens is 585 g/mol. The van der Waals surface area contributed by atoms with Gasteiger partial charge in [0.05, 0.1) is 11.5 Å². The topological polar surface area (TPSA) is 115 Å². The monoisotopic (exact) mass is 610 g/mol. The van der Waals surface area contributed by atoms with E-state index in [4.69, 9.17) is 0 Å². The first kappa shape index (κ1) is 31.1. The molecule has 3 aromatic carbocycles. The molecule has 4 rings (SSSR count). The van der Waals surface area contributed by atoms with Crippen LogP contribution in [0.1, 0.15) is 41.5 Å². The van der Waals surface area contributed by atoms with Gasteiger partial charge in [-0.2, -0.15) is 4.31 Å². The molecule has 0 amide bonds. The molecule has 10 heteroatoms. The van der Waals surface area contributed by atoms with Crippen molar-refractivity contribution >= 4 is 25.5 Å². The summed E-state index contributed by atoms with van der Waals surface area (Å²) in [6.07, 6.45) is 1.47. The first-order valence-corrected chi connectivity index (χ1v) is 16.5. The number of sulfonamides is 1. The Morgan fingerprint density at radius 3 is 1.74 bits per heavy atom. The van der Waals surface area contributed by atoms with Gasteiger partial charge in [0.15, 0.2) is 14.7 Å². The second kappa shape index (κ2) is 14.4. The standard InChI is InChI=1S/C33H26N2O6S2/c36-35(37)32-22-8-9-23-33(32)43(40,41)34-24-10-2-1-3-14-28-15-4-6-17-30(28)20-12-26-42(38,39)27-13-21-31-18-7-5-16-29(31)19-11-25-34/h4-9,15-18,22-23H,1-2,10,24-27H2. The zero-order chi connectivity index (χ0) is 30.7. The van der Waals surface area contributed by atoms with E-state index in [1.165, 1.54) is 18.2 Å². The van der Waals surface area contributed by atoms with Gasteiger partial charge in [-0.3, -0.25) is 10.1 Å². The van der Waals surface area contributed by atoms with E-state index in [2.05, 4.69) is 47.4 Å². The molecule has 0 saturated heterocycles. The number of hydrogen-bond acceptors (Lipinski definition) is 6. The molecule has 0 aliphatic carbocycles. The normalized spacial score (nSPS) is 15.4. The minimum absolute atomic E-state index is 0.0755. The Balaban J connectivity index is 1.72. The molecule has 43 heavy (non-hydrogen) atoms. The predicted molar refractivity (Wildman–Crippen MR) is 165 cm³/mol. The summed E-state index contributed by atoms with van der Waals surface area (Å²) >= 11 is 0. The van der Waals surface area contributed by atoms with E-state index in [1.54, 1.807) is 42.5 Å². The van der Waals surface area contributed by atoms with E-state index < -0.39 is 41.1 Å². The largest absolute Gasteiger partial charge is 0.289 e.